The molecule has 0 saturated heterocycles. The van der Waals surface area contributed by atoms with Crippen LogP contribution in [-0.2, 0) is 6.42 Å². The zero-order valence-electron chi connectivity index (χ0n) is 10.6. The minimum Gasteiger partial charge on any atom is -0.383 e. The van der Waals surface area contributed by atoms with E-state index in [0.29, 0.717) is 12.2 Å². The summed E-state index contributed by atoms with van der Waals surface area (Å²) in [4.78, 5) is 4.63. The summed E-state index contributed by atoms with van der Waals surface area (Å²) in [5.74, 6) is 0.702. The van der Waals surface area contributed by atoms with Crippen molar-refractivity contribution in [2.45, 2.75) is 13.3 Å². The summed E-state index contributed by atoms with van der Waals surface area (Å²) in [5, 5.41) is 0.738. The van der Waals surface area contributed by atoms with Gasteiger partial charge in [0.2, 0.25) is 0 Å². The number of halogens is 1. The molecule has 0 amide bonds. The van der Waals surface area contributed by atoms with E-state index >= 15 is 0 Å². The molecular formula is C15H14ClN3. The third-order valence-electron chi connectivity index (χ3n) is 3.24. The van der Waals surface area contributed by atoms with Crippen molar-refractivity contribution < 1.29 is 0 Å². The number of nitrogens with zero attached hydrogens (tertiary/aromatic N) is 2. The van der Waals surface area contributed by atoms with E-state index in [1.54, 1.807) is 0 Å². The first-order chi connectivity index (χ1) is 9.15. The van der Waals surface area contributed by atoms with Gasteiger partial charge in [-0.3, -0.25) is 4.40 Å². The number of fused-ring (bicyclic) bond motifs is 1. The fourth-order valence-corrected chi connectivity index (χ4v) is 2.32. The van der Waals surface area contributed by atoms with Crippen molar-refractivity contribution in [3.8, 4) is 0 Å². The molecule has 96 valence electrons. The molecule has 4 heteroatoms. The highest BCUT2D eigenvalue weighted by atomic mass is 35.5. The fourth-order valence-electron chi connectivity index (χ4n) is 2.19. The lowest BCUT2D eigenvalue weighted by atomic mass is 10.1. The van der Waals surface area contributed by atoms with E-state index < -0.39 is 0 Å². The Morgan fingerprint density at radius 2 is 1.95 bits per heavy atom. The first kappa shape index (κ1) is 12.1. The molecule has 0 unspecified atom stereocenters. The summed E-state index contributed by atoms with van der Waals surface area (Å²) < 4.78 is 1.93. The van der Waals surface area contributed by atoms with Gasteiger partial charge in [-0.25, -0.2) is 4.98 Å². The quantitative estimate of drug-likeness (QED) is 0.776. The molecule has 2 N–H and O–H groups in total. The van der Waals surface area contributed by atoms with Crippen LogP contribution in [0.25, 0.3) is 5.65 Å². The number of rotatable bonds is 2. The van der Waals surface area contributed by atoms with Crippen LogP contribution in [0, 0.1) is 6.92 Å². The molecule has 2 aromatic heterocycles. The number of aryl methyl sites for hydroxylation is 1. The van der Waals surface area contributed by atoms with Gasteiger partial charge in [-0.1, -0.05) is 29.8 Å². The van der Waals surface area contributed by atoms with Gasteiger partial charge in [0.25, 0.3) is 0 Å². The van der Waals surface area contributed by atoms with Crippen LogP contribution in [0.2, 0.25) is 5.02 Å². The Hall–Kier alpha value is -2.00. The molecule has 0 aliphatic carbocycles. The molecular weight excluding hydrogens is 258 g/mol. The zero-order chi connectivity index (χ0) is 13.4. The minimum absolute atomic E-state index is 0.702. The molecule has 0 saturated carbocycles. The summed E-state index contributed by atoms with van der Waals surface area (Å²) in [6.45, 7) is 2.04. The smallest absolute Gasteiger partial charge is 0.141 e. The molecule has 1 aromatic carbocycles. The van der Waals surface area contributed by atoms with Crippen LogP contribution < -0.4 is 5.73 Å². The highest BCUT2D eigenvalue weighted by molar-refractivity contribution is 6.30. The lowest BCUT2D eigenvalue weighted by Crippen LogP contribution is -1.97. The second-order valence-electron chi connectivity index (χ2n) is 4.63. The minimum atomic E-state index is 0.702. The van der Waals surface area contributed by atoms with Crippen molar-refractivity contribution in [3.05, 3.63) is 64.4 Å². The van der Waals surface area contributed by atoms with Gasteiger partial charge >= 0.3 is 0 Å². The summed E-state index contributed by atoms with van der Waals surface area (Å²) in [6, 6.07) is 11.8. The predicted molar refractivity (Wildman–Crippen MR) is 78.6 cm³/mol. The van der Waals surface area contributed by atoms with Gasteiger partial charge in [-0.2, -0.15) is 0 Å². The highest BCUT2D eigenvalue weighted by Gasteiger charge is 2.10. The van der Waals surface area contributed by atoms with Crippen molar-refractivity contribution in [3.63, 3.8) is 0 Å². The number of anilines is 1. The molecule has 0 aliphatic heterocycles. The van der Waals surface area contributed by atoms with Crippen LogP contribution in [-0.4, -0.2) is 9.38 Å². The number of benzene rings is 1. The van der Waals surface area contributed by atoms with Crippen LogP contribution in [0.3, 0.4) is 0 Å². The van der Waals surface area contributed by atoms with Crippen LogP contribution in [0.1, 0.15) is 16.8 Å². The number of imidazole rings is 1. The van der Waals surface area contributed by atoms with Crippen molar-refractivity contribution >= 4 is 23.1 Å². The van der Waals surface area contributed by atoms with Crippen molar-refractivity contribution in [2.24, 2.45) is 0 Å². The monoisotopic (exact) mass is 271 g/mol. The Balaban J connectivity index is 2.03. The second-order valence-corrected chi connectivity index (χ2v) is 5.07. The van der Waals surface area contributed by atoms with Crippen LogP contribution >= 0.6 is 11.6 Å². The molecule has 3 aromatic rings. The van der Waals surface area contributed by atoms with Gasteiger partial charge in [-0.05, 0) is 36.2 Å². The number of pyridine rings is 1. The van der Waals surface area contributed by atoms with E-state index in [2.05, 4.69) is 4.98 Å². The van der Waals surface area contributed by atoms with Gasteiger partial charge in [0, 0.05) is 17.6 Å². The van der Waals surface area contributed by atoms with Crippen molar-refractivity contribution in [1.29, 1.82) is 0 Å². The average molecular weight is 272 g/mol. The lowest BCUT2D eigenvalue weighted by Gasteiger charge is -2.00. The maximum atomic E-state index is 6.16. The Kier molecular flexibility index (Phi) is 2.91. The second kappa shape index (κ2) is 4.59. The summed E-state index contributed by atoms with van der Waals surface area (Å²) in [7, 11) is 0. The van der Waals surface area contributed by atoms with Gasteiger partial charge in [0.15, 0.2) is 0 Å². The maximum Gasteiger partial charge on any atom is 0.141 e. The van der Waals surface area contributed by atoms with E-state index in [0.717, 1.165) is 27.5 Å². The van der Waals surface area contributed by atoms with E-state index in [9.17, 15) is 0 Å². The fraction of sp³-hybridized carbons (Fsp3) is 0.133. The Labute approximate surface area is 116 Å². The molecule has 3 nitrogen and oxygen atoms in total. The molecule has 0 radical (unpaired) electrons. The molecule has 2 heterocycles. The van der Waals surface area contributed by atoms with E-state index in [1.807, 2.05) is 53.9 Å². The summed E-state index contributed by atoms with van der Waals surface area (Å²) >= 11 is 5.89. The van der Waals surface area contributed by atoms with Gasteiger partial charge in [0.1, 0.15) is 11.5 Å². The summed E-state index contributed by atoms with van der Waals surface area (Å²) in [5.41, 5.74) is 10.3. The van der Waals surface area contributed by atoms with Gasteiger partial charge in [-0.15, -0.1) is 0 Å². The van der Waals surface area contributed by atoms with E-state index in [-0.39, 0.29) is 0 Å². The Bertz CT molecular complexity index is 729. The first-order valence-electron chi connectivity index (χ1n) is 6.11. The Morgan fingerprint density at radius 3 is 2.63 bits per heavy atom. The SMILES string of the molecule is Cc1cccn2c(N)c(Cc3ccc(Cl)cc3)nc12. The third kappa shape index (κ3) is 2.17. The first-order valence-corrected chi connectivity index (χ1v) is 6.49. The van der Waals surface area contributed by atoms with Gasteiger partial charge < -0.3 is 5.73 Å². The molecule has 0 atom stereocenters. The standard InChI is InChI=1S/C15H14ClN3/c1-10-3-2-8-19-14(17)13(18-15(10)19)9-11-4-6-12(16)7-5-11/h2-8H,9,17H2,1H3. The van der Waals surface area contributed by atoms with E-state index in [4.69, 9.17) is 17.3 Å². The molecule has 19 heavy (non-hydrogen) atoms. The van der Waals surface area contributed by atoms with Crippen molar-refractivity contribution in [2.75, 3.05) is 5.73 Å². The third-order valence-corrected chi connectivity index (χ3v) is 3.50. The molecule has 0 bridgehead atoms. The molecule has 0 spiro atoms. The predicted octanol–water partition coefficient (Wildman–Crippen LogP) is 3.47. The molecule has 0 fully saturated rings. The topological polar surface area (TPSA) is 43.3 Å². The normalized spacial score (nSPS) is 11.1. The maximum absolute atomic E-state index is 6.16. The number of hydrogen-bond acceptors (Lipinski definition) is 2. The Morgan fingerprint density at radius 1 is 1.21 bits per heavy atom. The van der Waals surface area contributed by atoms with E-state index in [1.165, 1.54) is 0 Å². The number of nitrogen functional groups attached to an aromatic ring is 1. The largest absolute Gasteiger partial charge is 0.383 e. The molecule has 0 aliphatic rings. The van der Waals surface area contributed by atoms with Crippen LogP contribution in [0.5, 0.6) is 0 Å². The molecule has 3 rings (SSSR count). The number of hydrogen-bond donors (Lipinski definition) is 1. The number of aromatic nitrogens is 2. The van der Waals surface area contributed by atoms with Crippen molar-refractivity contribution in [1.82, 2.24) is 9.38 Å². The lowest BCUT2D eigenvalue weighted by molar-refractivity contribution is 1.12. The van der Waals surface area contributed by atoms with Crippen LogP contribution in [0.15, 0.2) is 42.6 Å². The average Bonchev–Trinajstić information content (AvgIpc) is 2.72. The van der Waals surface area contributed by atoms with Gasteiger partial charge in [0.05, 0.1) is 5.69 Å². The zero-order valence-corrected chi connectivity index (χ0v) is 11.4. The van der Waals surface area contributed by atoms with Crippen LogP contribution in [0.4, 0.5) is 5.82 Å². The number of nitrogens with two attached hydrogens (primary N) is 1. The highest BCUT2D eigenvalue weighted by Crippen LogP contribution is 2.21. The summed E-state index contributed by atoms with van der Waals surface area (Å²) in [6.07, 6.45) is 2.65.